The predicted octanol–water partition coefficient (Wildman–Crippen LogP) is 5.07. The summed E-state index contributed by atoms with van der Waals surface area (Å²) in [4.78, 5) is 18.0. The van der Waals surface area contributed by atoms with E-state index in [0.717, 1.165) is 12.8 Å². The molecule has 0 radical (unpaired) electrons. The summed E-state index contributed by atoms with van der Waals surface area (Å²) in [6.07, 6.45) is 11.3. The van der Waals surface area contributed by atoms with Crippen molar-refractivity contribution in [1.29, 1.82) is 0 Å². The second kappa shape index (κ2) is 9.49. The third kappa shape index (κ3) is 4.71. The lowest BCUT2D eigenvalue weighted by atomic mass is 9.90. The van der Waals surface area contributed by atoms with Crippen LogP contribution in [0.15, 0.2) is 47.2 Å². The van der Waals surface area contributed by atoms with Gasteiger partial charge in [0.05, 0.1) is 6.04 Å². The number of amides is 2. The zero-order valence-electron chi connectivity index (χ0n) is 19.0. The van der Waals surface area contributed by atoms with Crippen LogP contribution in [0.25, 0.3) is 0 Å². The molecule has 0 N–H and O–H groups in total. The summed E-state index contributed by atoms with van der Waals surface area (Å²) >= 11 is 0. The Kier molecular flexibility index (Phi) is 7.56. The highest BCUT2D eigenvalue weighted by molar-refractivity contribution is 5.73. The fourth-order valence-electron chi connectivity index (χ4n) is 4.94. The van der Waals surface area contributed by atoms with Gasteiger partial charge in [-0.05, 0) is 56.9 Å². The van der Waals surface area contributed by atoms with Crippen molar-refractivity contribution in [1.82, 2.24) is 14.7 Å². The molecule has 3 atom stereocenters. The number of hydrogen-bond acceptors (Lipinski definition) is 2. The van der Waals surface area contributed by atoms with Crippen molar-refractivity contribution < 1.29 is 4.79 Å². The van der Waals surface area contributed by atoms with Crippen LogP contribution in [0, 0.1) is 11.8 Å². The van der Waals surface area contributed by atoms with Crippen LogP contribution >= 0.6 is 0 Å². The van der Waals surface area contributed by atoms with Crippen LogP contribution in [0.3, 0.4) is 0 Å². The topological polar surface area (TPSA) is 26.8 Å². The molecule has 2 unspecified atom stereocenters. The summed E-state index contributed by atoms with van der Waals surface area (Å²) < 4.78 is 0. The number of carbonyl (C=O) groups is 1. The van der Waals surface area contributed by atoms with Crippen molar-refractivity contribution in [2.75, 3.05) is 34.7 Å². The first kappa shape index (κ1) is 22.3. The molecule has 1 saturated carbocycles. The maximum absolute atomic E-state index is 12.2. The van der Waals surface area contributed by atoms with E-state index in [1.54, 1.807) is 10.5 Å². The Morgan fingerprint density at radius 1 is 1.29 bits per heavy atom. The highest BCUT2D eigenvalue weighted by Gasteiger charge is 2.31. The molecular formula is C24H39N3O. The van der Waals surface area contributed by atoms with Crippen LogP contribution in [0.1, 0.15) is 46.5 Å². The maximum atomic E-state index is 12.2. The Hall–Kier alpha value is -1.97. The van der Waals surface area contributed by atoms with E-state index in [0.29, 0.717) is 24.4 Å². The maximum Gasteiger partial charge on any atom is 0.319 e. The van der Waals surface area contributed by atoms with Crippen LogP contribution in [0.2, 0.25) is 0 Å². The Bertz CT molecular complexity index is 686. The molecule has 0 aromatic carbocycles. The first-order valence-corrected chi connectivity index (χ1v) is 10.5. The summed E-state index contributed by atoms with van der Waals surface area (Å²) in [6.45, 7) is 11.4. The van der Waals surface area contributed by atoms with Crippen molar-refractivity contribution in [3.63, 3.8) is 0 Å². The highest BCUT2D eigenvalue weighted by atomic mass is 16.2. The Balaban J connectivity index is 2.18. The van der Waals surface area contributed by atoms with Gasteiger partial charge in [0.1, 0.15) is 0 Å². The second-order valence-corrected chi connectivity index (χ2v) is 8.70. The van der Waals surface area contributed by atoms with Gasteiger partial charge in [-0.2, -0.15) is 0 Å². The normalized spacial score (nSPS) is 29.5. The fourth-order valence-corrected chi connectivity index (χ4v) is 4.94. The number of hydrogen-bond donors (Lipinski definition) is 0. The van der Waals surface area contributed by atoms with Gasteiger partial charge in [0, 0.05) is 40.4 Å². The number of carbonyl (C=O) groups excluding carboxylic acids is 1. The molecule has 0 aromatic rings. The monoisotopic (exact) mass is 385 g/mol. The summed E-state index contributed by atoms with van der Waals surface area (Å²) in [7, 11) is 7.68. The molecule has 2 amide bonds. The Morgan fingerprint density at radius 2 is 1.96 bits per heavy atom. The van der Waals surface area contributed by atoms with Crippen LogP contribution < -0.4 is 0 Å². The standard InChI is InChI=1S/C24H39N3O/c1-9-19-15-21(10-2)27(8)22(19)14-13-20-12-11-17(3)23(20)18(4)16-26(7)24(28)25(5)6/h9-10,14,17,20-21H,2,11-13,15-16H2,1,3-8H3/b19-9+,22-14+,23-18+/t17-,20?,21?/m1/s1. The number of rotatable bonds is 5. The number of likely N-dealkylation sites (tertiary alicyclic amines) is 1. The highest BCUT2D eigenvalue weighted by Crippen LogP contribution is 2.42. The van der Waals surface area contributed by atoms with E-state index in [1.165, 1.54) is 29.7 Å². The third-order valence-electron chi connectivity index (χ3n) is 6.45. The van der Waals surface area contributed by atoms with Gasteiger partial charge < -0.3 is 14.7 Å². The summed E-state index contributed by atoms with van der Waals surface area (Å²) in [5.74, 6) is 1.19. The molecule has 4 heteroatoms. The average Bonchev–Trinajstić information content (AvgIpc) is 3.18. The van der Waals surface area contributed by atoms with Gasteiger partial charge in [0.15, 0.2) is 0 Å². The molecule has 156 valence electrons. The molecule has 1 aliphatic carbocycles. The molecule has 2 aliphatic rings. The van der Waals surface area contributed by atoms with Crippen molar-refractivity contribution >= 4 is 6.03 Å². The van der Waals surface area contributed by atoms with Crippen molar-refractivity contribution in [3.05, 3.63) is 47.2 Å². The smallest absolute Gasteiger partial charge is 0.319 e. The lowest BCUT2D eigenvalue weighted by molar-refractivity contribution is 0.185. The minimum absolute atomic E-state index is 0.0602. The van der Waals surface area contributed by atoms with E-state index in [4.69, 9.17) is 0 Å². The number of nitrogens with zero attached hydrogens (tertiary/aromatic N) is 3. The van der Waals surface area contributed by atoms with Crippen molar-refractivity contribution in [3.8, 4) is 0 Å². The van der Waals surface area contributed by atoms with Gasteiger partial charge in [-0.1, -0.05) is 36.3 Å². The van der Waals surface area contributed by atoms with Gasteiger partial charge >= 0.3 is 6.03 Å². The van der Waals surface area contributed by atoms with Gasteiger partial charge in [0.25, 0.3) is 0 Å². The van der Waals surface area contributed by atoms with Crippen LogP contribution in [0.4, 0.5) is 4.79 Å². The summed E-state index contributed by atoms with van der Waals surface area (Å²) in [6, 6.07) is 0.465. The lowest BCUT2D eigenvalue weighted by Crippen LogP contribution is -2.37. The molecule has 2 rings (SSSR count). The first-order valence-electron chi connectivity index (χ1n) is 10.5. The van der Waals surface area contributed by atoms with E-state index in [9.17, 15) is 4.79 Å². The van der Waals surface area contributed by atoms with Crippen molar-refractivity contribution in [2.24, 2.45) is 11.8 Å². The molecule has 1 saturated heterocycles. The minimum atomic E-state index is 0.0602. The summed E-state index contributed by atoms with van der Waals surface area (Å²) in [5, 5.41) is 0. The Morgan fingerprint density at radius 3 is 2.54 bits per heavy atom. The lowest BCUT2D eigenvalue weighted by Gasteiger charge is -2.25. The van der Waals surface area contributed by atoms with Gasteiger partial charge in [-0.15, -0.1) is 6.58 Å². The third-order valence-corrected chi connectivity index (χ3v) is 6.45. The molecule has 0 bridgehead atoms. The van der Waals surface area contributed by atoms with Crippen LogP contribution in [-0.2, 0) is 0 Å². The van der Waals surface area contributed by atoms with Gasteiger partial charge in [-0.25, -0.2) is 4.79 Å². The van der Waals surface area contributed by atoms with Crippen LogP contribution in [0.5, 0.6) is 0 Å². The van der Waals surface area contributed by atoms with Crippen molar-refractivity contribution in [2.45, 2.75) is 52.5 Å². The number of likely N-dealkylation sites (N-methyl/N-ethyl adjacent to an activating group) is 2. The zero-order valence-corrected chi connectivity index (χ0v) is 19.0. The largest absolute Gasteiger partial charge is 0.368 e. The van der Waals surface area contributed by atoms with Gasteiger partial charge in [0.2, 0.25) is 0 Å². The van der Waals surface area contributed by atoms with Gasteiger partial charge in [-0.3, -0.25) is 0 Å². The molecule has 1 aliphatic heterocycles. The van der Waals surface area contributed by atoms with E-state index < -0.39 is 0 Å². The molecule has 28 heavy (non-hydrogen) atoms. The number of urea groups is 1. The van der Waals surface area contributed by atoms with E-state index in [2.05, 4.69) is 57.5 Å². The summed E-state index contributed by atoms with van der Waals surface area (Å²) in [5.41, 5.74) is 5.72. The molecule has 4 nitrogen and oxygen atoms in total. The molecule has 0 spiro atoms. The SMILES string of the molecule is C=CC1CC(=C\C)/C(=C\CC2CC[C@@H](C)/C2=C(/C)CN(C)C(=O)N(C)C)N1C. The van der Waals surface area contributed by atoms with E-state index in [1.807, 2.05) is 26.0 Å². The van der Waals surface area contributed by atoms with Crippen LogP contribution in [-0.4, -0.2) is 61.5 Å². The zero-order chi connectivity index (χ0) is 21.0. The predicted molar refractivity (Wildman–Crippen MR) is 119 cm³/mol. The fraction of sp³-hybridized carbons (Fsp3) is 0.625. The Labute approximate surface area is 172 Å². The molecule has 0 aromatic heterocycles. The van der Waals surface area contributed by atoms with E-state index >= 15 is 0 Å². The average molecular weight is 386 g/mol. The minimum Gasteiger partial charge on any atom is -0.368 e. The quantitative estimate of drug-likeness (QED) is 0.618. The molecular weight excluding hydrogens is 346 g/mol. The second-order valence-electron chi connectivity index (χ2n) is 8.70. The van der Waals surface area contributed by atoms with E-state index in [-0.39, 0.29) is 6.03 Å². The first-order chi connectivity index (χ1) is 13.2. The molecule has 1 heterocycles. The number of allylic oxidation sites excluding steroid dienone is 4. The molecule has 2 fully saturated rings.